The van der Waals surface area contributed by atoms with Crippen LogP contribution in [0.3, 0.4) is 0 Å². The van der Waals surface area contributed by atoms with Crippen LogP contribution < -0.4 is 0 Å². The lowest BCUT2D eigenvalue weighted by atomic mass is 9.59. The smallest absolute Gasteiger partial charge is 0.335 e. The van der Waals surface area contributed by atoms with E-state index in [-0.39, 0.29) is 5.56 Å². The molecule has 0 spiro atoms. The zero-order valence-corrected chi connectivity index (χ0v) is 19.6. The Morgan fingerprint density at radius 1 is 1.03 bits per heavy atom. The Morgan fingerprint density at radius 3 is 2.18 bits per heavy atom. The van der Waals surface area contributed by atoms with Crippen LogP contribution in [0.5, 0.6) is 0 Å². The van der Waals surface area contributed by atoms with Gasteiger partial charge in [0.2, 0.25) is 0 Å². The molecule has 2 atom stereocenters. The fourth-order valence-corrected chi connectivity index (χ4v) is 4.80. The summed E-state index contributed by atoms with van der Waals surface area (Å²) in [6.07, 6.45) is 5.10. The Kier molecular flexibility index (Phi) is 5.93. The Balaban J connectivity index is 1.80. The molecule has 1 heterocycles. The van der Waals surface area contributed by atoms with Crippen LogP contribution in [0.25, 0.3) is 12.2 Å². The molecule has 6 nitrogen and oxygen atoms in total. The van der Waals surface area contributed by atoms with Gasteiger partial charge in [-0.2, -0.15) is 5.10 Å². The topological polar surface area (TPSA) is 93.4 Å². The van der Waals surface area contributed by atoms with Crippen LogP contribution in [-0.4, -0.2) is 51.3 Å². The maximum absolute atomic E-state index is 11.1. The van der Waals surface area contributed by atoms with E-state index >= 15 is 0 Å². The van der Waals surface area contributed by atoms with Crippen molar-refractivity contribution in [2.45, 2.75) is 63.7 Å². The molecule has 1 aliphatic heterocycles. The van der Waals surface area contributed by atoms with Gasteiger partial charge in [0.25, 0.3) is 0 Å². The van der Waals surface area contributed by atoms with Crippen molar-refractivity contribution >= 4 is 24.3 Å². The van der Waals surface area contributed by atoms with Gasteiger partial charge in [-0.1, -0.05) is 64.1 Å². The first-order valence-electron chi connectivity index (χ1n) is 11.3. The molecule has 0 radical (unpaired) electrons. The molecule has 33 heavy (non-hydrogen) atoms. The Hall–Kier alpha value is -2.96. The third kappa shape index (κ3) is 4.21. The van der Waals surface area contributed by atoms with Crippen molar-refractivity contribution in [1.29, 1.82) is 0 Å². The highest BCUT2D eigenvalue weighted by molar-refractivity contribution is 5.88. The summed E-state index contributed by atoms with van der Waals surface area (Å²) < 4.78 is 0. The molecular formula is C27H32N2O4. The molecule has 0 saturated heterocycles. The molecular weight excluding hydrogens is 416 g/mol. The predicted octanol–water partition coefficient (Wildman–Crippen LogP) is 4.04. The molecule has 0 saturated carbocycles. The Bertz CT molecular complexity index is 1120. The van der Waals surface area contributed by atoms with Crippen molar-refractivity contribution in [3.63, 3.8) is 0 Å². The standard InChI is InChI=1S/C27H32N2O4/c1-26(2)21-14-19(11-8-17-6-9-18(10-7-17)25(32)33)20(16-29-13-5-12-28-29)15-22(21)27(3,4)24(31)23(26)30/h6-12,14-15,23-24,30-31H,5,13,16H2,1-4H3,(H,32,33)/b11-8+/t23-,24+/m0/s1. The first-order chi connectivity index (χ1) is 15.5. The number of aliphatic hydroxyl groups is 2. The van der Waals surface area contributed by atoms with Crippen molar-refractivity contribution in [2.75, 3.05) is 6.54 Å². The minimum atomic E-state index is -0.945. The summed E-state index contributed by atoms with van der Waals surface area (Å²) in [5, 5.41) is 37.4. The number of hydrogen-bond acceptors (Lipinski definition) is 5. The molecule has 0 fully saturated rings. The van der Waals surface area contributed by atoms with E-state index in [0.29, 0.717) is 6.54 Å². The first kappa shape index (κ1) is 23.2. The van der Waals surface area contributed by atoms with E-state index in [2.05, 4.69) is 17.2 Å². The van der Waals surface area contributed by atoms with E-state index in [9.17, 15) is 15.0 Å². The van der Waals surface area contributed by atoms with Crippen molar-refractivity contribution < 1.29 is 20.1 Å². The van der Waals surface area contributed by atoms with Crippen LogP contribution >= 0.6 is 0 Å². The minimum Gasteiger partial charge on any atom is -0.478 e. The van der Waals surface area contributed by atoms with Crippen molar-refractivity contribution in [3.8, 4) is 0 Å². The highest BCUT2D eigenvalue weighted by Crippen LogP contribution is 2.47. The highest BCUT2D eigenvalue weighted by atomic mass is 16.4. The molecule has 2 aromatic rings. The van der Waals surface area contributed by atoms with E-state index in [0.717, 1.165) is 40.8 Å². The summed E-state index contributed by atoms with van der Waals surface area (Å²) in [7, 11) is 0. The number of hydrogen-bond donors (Lipinski definition) is 3. The fraction of sp³-hybridized carbons (Fsp3) is 0.407. The molecule has 4 rings (SSSR count). The van der Waals surface area contributed by atoms with Crippen LogP contribution in [0.4, 0.5) is 0 Å². The Morgan fingerprint density at radius 2 is 1.64 bits per heavy atom. The zero-order valence-electron chi connectivity index (χ0n) is 19.6. The average molecular weight is 449 g/mol. The number of carboxylic acid groups (broad SMARTS) is 1. The fourth-order valence-electron chi connectivity index (χ4n) is 4.80. The van der Waals surface area contributed by atoms with Gasteiger partial charge in [0.15, 0.2) is 0 Å². The summed E-state index contributed by atoms with van der Waals surface area (Å²) in [6.45, 7) is 9.41. The molecule has 1 aliphatic carbocycles. The number of carbonyl (C=O) groups is 1. The van der Waals surface area contributed by atoms with E-state index in [1.807, 2.05) is 51.1 Å². The van der Waals surface area contributed by atoms with Crippen molar-refractivity contribution in [1.82, 2.24) is 5.01 Å². The van der Waals surface area contributed by atoms with Crippen LogP contribution in [0.15, 0.2) is 41.5 Å². The summed E-state index contributed by atoms with van der Waals surface area (Å²) >= 11 is 0. The average Bonchev–Trinajstić information content (AvgIpc) is 3.29. The van der Waals surface area contributed by atoms with Gasteiger partial charge in [-0.25, -0.2) is 4.79 Å². The summed E-state index contributed by atoms with van der Waals surface area (Å²) in [5.74, 6) is -0.945. The summed E-state index contributed by atoms with van der Waals surface area (Å²) in [6, 6.07) is 11.1. The number of nitrogens with zero attached hydrogens (tertiary/aromatic N) is 2. The second-order valence-corrected chi connectivity index (χ2v) is 10.2. The summed E-state index contributed by atoms with van der Waals surface area (Å²) in [4.78, 5) is 11.1. The molecule has 0 amide bonds. The van der Waals surface area contributed by atoms with Gasteiger partial charge < -0.3 is 15.3 Å². The predicted molar refractivity (Wildman–Crippen MR) is 130 cm³/mol. The number of rotatable bonds is 5. The van der Waals surface area contributed by atoms with Gasteiger partial charge in [-0.05, 0) is 39.9 Å². The van der Waals surface area contributed by atoms with Gasteiger partial charge in [0, 0.05) is 30.0 Å². The van der Waals surface area contributed by atoms with E-state index in [4.69, 9.17) is 5.11 Å². The second-order valence-electron chi connectivity index (χ2n) is 10.2. The maximum atomic E-state index is 11.1. The van der Waals surface area contributed by atoms with Gasteiger partial charge >= 0.3 is 5.97 Å². The van der Waals surface area contributed by atoms with Gasteiger partial charge in [-0.3, -0.25) is 5.01 Å². The molecule has 0 bridgehead atoms. The third-order valence-corrected chi connectivity index (χ3v) is 7.17. The quantitative estimate of drug-likeness (QED) is 0.601. The van der Waals surface area contributed by atoms with Crippen molar-refractivity contribution in [3.05, 3.63) is 69.8 Å². The number of hydrazone groups is 1. The van der Waals surface area contributed by atoms with E-state index in [1.54, 1.807) is 24.3 Å². The lowest BCUT2D eigenvalue weighted by molar-refractivity contribution is -0.0674. The third-order valence-electron chi connectivity index (χ3n) is 7.17. The van der Waals surface area contributed by atoms with Crippen LogP contribution in [0, 0.1) is 0 Å². The van der Waals surface area contributed by atoms with Crippen LogP contribution in [-0.2, 0) is 17.4 Å². The molecule has 2 aliphatic rings. The van der Waals surface area contributed by atoms with Gasteiger partial charge in [-0.15, -0.1) is 0 Å². The zero-order chi connectivity index (χ0) is 24.0. The molecule has 3 N–H and O–H groups in total. The van der Waals surface area contributed by atoms with Crippen molar-refractivity contribution in [2.24, 2.45) is 5.10 Å². The van der Waals surface area contributed by atoms with Crippen LogP contribution in [0.2, 0.25) is 0 Å². The Labute approximate surface area is 194 Å². The normalized spacial score (nSPS) is 23.2. The number of aliphatic hydroxyl groups excluding tert-OH is 2. The second kappa shape index (κ2) is 8.43. The maximum Gasteiger partial charge on any atom is 0.335 e. The van der Waals surface area contributed by atoms with Gasteiger partial charge in [0.1, 0.15) is 0 Å². The minimum absolute atomic E-state index is 0.255. The lowest BCUT2D eigenvalue weighted by Crippen LogP contribution is -2.56. The molecule has 2 aromatic carbocycles. The van der Waals surface area contributed by atoms with Gasteiger partial charge in [0.05, 0.1) is 24.3 Å². The SMILES string of the molecule is CC1(C)c2cc(CN3CCC=N3)c(/C=C/c3ccc(C(=O)O)cc3)cc2C(C)(C)[C@@H](O)[C@H]1O. The monoisotopic (exact) mass is 448 g/mol. The number of aromatic carboxylic acids is 1. The highest BCUT2D eigenvalue weighted by Gasteiger charge is 2.50. The van der Waals surface area contributed by atoms with E-state index < -0.39 is 29.0 Å². The first-order valence-corrected chi connectivity index (χ1v) is 11.3. The summed E-state index contributed by atoms with van der Waals surface area (Å²) in [5.41, 5.74) is 4.14. The van der Waals surface area contributed by atoms with E-state index in [1.165, 1.54) is 0 Å². The largest absolute Gasteiger partial charge is 0.478 e. The molecule has 174 valence electrons. The number of fused-ring (bicyclic) bond motifs is 1. The molecule has 0 aromatic heterocycles. The lowest BCUT2D eigenvalue weighted by Gasteiger charge is -2.49. The molecule has 0 unspecified atom stereocenters. The molecule has 6 heteroatoms. The number of carboxylic acids is 1. The van der Waals surface area contributed by atoms with Crippen LogP contribution in [0.1, 0.15) is 72.3 Å². The number of benzene rings is 2.